The highest BCUT2D eigenvalue weighted by atomic mass is 35.5. The molecule has 6 nitrogen and oxygen atoms in total. The van der Waals surface area contributed by atoms with Gasteiger partial charge in [0, 0.05) is 55.3 Å². The summed E-state index contributed by atoms with van der Waals surface area (Å²) in [5.41, 5.74) is 3.03. The van der Waals surface area contributed by atoms with Crippen molar-refractivity contribution in [1.29, 1.82) is 0 Å². The van der Waals surface area contributed by atoms with Crippen molar-refractivity contribution in [2.45, 2.75) is 6.92 Å². The van der Waals surface area contributed by atoms with Gasteiger partial charge in [-0.3, -0.25) is 14.9 Å². The second-order valence-corrected chi connectivity index (χ2v) is 6.12. The third kappa shape index (κ3) is 7.81. The molecule has 0 spiro atoms. The smallest absolute Gasteiger partial charge is 0.269 e. The van der Waals surface area contributed by atoms with E-state index in [9.17, 15) is 14.9 Å². The number of hydrogen-bond donors (Lipinski definition) is 1. The van der Waals surface area contributed by atoms with Crippen LogP contribution in [0.1, 0.15) is 5.56 Å². The monoisotopic (exact) mass is 375 g/mol. The zero-order valence-corrected chi connectivity index (χ0v) is 15.7. The van der Waals surface area contributed by atoms with Gasteiger partial charge >= 0.3 is 0 Å². The average molecular weight is 376 g/mol. The Kier molecular flexibility index (Phi) is 8.87. The highest BCUT2D eigenvalue weighted by molar-refractivity contribution is 6.30. The lowest BCUT2D eigenvalue weighted by Crippen LogP contribution is -2.11. The molecule has 0 aromatic heterocycles. The van der Waals surface area contributed by atoms with Crippen molar-refractivity contribution < 1.29 is 9.72 Å². The number of nitrogens with one attached hydrogen (secondary N) is 1. The maximum Gasteiger partial charge on any atom is 0.269 e. The van der Waals surface area contributed by atoms with Gasteiger partial charge in [-0.2, -0.15) is 0 Å². The third-order valence-electron chi connectivity index (χ3n) is 3.24. The molecule has 1 N–H and O–H groups in total. The van der Waals surface area contributed by atoms with Gasteiger partial charge in [-0.05, 0) is 30.7 Å². The number of halogens is 1. The minimum Gasteiger partial charge on any atom is -0.383 e. The molecule has 26 heavy (non-hydrogen) atoms. The molecule has 0 unspecified atom stereocenters. The van der Waals surface area contributed by atoms with E-state index in [2.05, 4.69) is 5.32 Å². The third-order valence-corrected chi connectivity index (χ3v) is 3.49. The van der Waals surface area contributed by atoms with Gasteiger partial charge in [-0.15, -0.1) is 0 Å². The zero-order chi connectivity index (χ0) is 19.5. The van der Waals surface area contributed by atoms with Crippen LogP contribution in [0.15, 0.2) is 60.3 Å². The molecule has 7 heteroatoms. The summed E-state index contributed by atoms with van der Waals surface area (Å²) in [4.78, 5) is 22.3. The predicted molar refractivity (Wildman–Crippen MR) is 106 cm³/mol. The predicted octanol–water partition coefficient (Wildman–Crippen LogP) is 4.30. The molecular formula is C19H22ClN3O3. The summed E-state index contributed by atoms with van der Waals surface area (Å²) in [5.74, 6) is 0. The average Bonchev–Trinajstić information content (AvgIpc) is 2.60. The van der Waals surface area contributed by atoms with Crippen molar-refractivity contribution in [3.8, 4) is 0 Å². The van der Waals surface area contributed by atoms with Gasteiger partial charge in [0.05, 0.1) is 4.92 Å². The Morgan fingerprint density at radius 1 is 1.19 bits per heavy atom. The van der Waals surface area contributed by atoms with Crippen molar-refractivity contribution in [2.75, 3.05) is 26.0 Å². The van der Waals surface area contributed by atoms with Gasteiger partial charge in [-0.25, -0.2) is 0 Å². The van der Waals surface area contributed by atoms with E-state index in [4.69, 9.17) is 11.6 Å². The Balaban J connectivity index is 0.000000289. The standard InChI is InChI=1S/C13H18N2O.C6H4ClNO2/c1-11-6-4-5-7-13(11)14-8-12(10-16)9-15(2)3;7-5-1-3-6(4-2-5)8(9)10/h4-7,9-10,14H,8H2,1-3H3;1-4H/b12-9-;. The van der Waals surface area contributed by atoms with Crippen LogP contribution >= 0.6 is 11.6 Å². The van der Waals surface area contributed by atoms with Gasteiger partial charge in [0.15, 0.2) is 0 Å². The van der Waals surface area contributed by atoms with Crippen LogP contribution in [0.2, 0.25) is 5.02 Å². The van der Waals surface area contributed by atoms with Crippen LogP contribution in [0.25, 0.3) is 0 Å². The Morgan fingerprint density at radius 2 is 1.81 bits per heavy atom. The lowest BCUT2D eigenvalue weighted by molar-refractivity contribution is -0.384. The van der Waals surface area contributed by atoms with Crippen molar-refractivity contribution >= 4 is 29.3 Å². The van der Waals surface area contributed by atoms with E-state index in [0.29, 0.717) is 11.6 Å². The molecular weight excluding hydrogens is 354 g/mol. The van der Waals surface area contributed by atoms with Crippen LogP contribution in [0.5, 0.6) is 0 Å². The molecule has 2 aromatic carbocycles. The Hall–Kier alpha value is -2.86. The topological polar surface area (TPSA) is 75.5 Å². The van der Waals surface area contributed by atoms with Crippen LogP contribution in [0.3, 0.4) is 0 Å². The molecule has 0 atom stereocenters. The number of non-ortho nitro benzene ring substituents is 1. The molecule has 0 aliphatic carbocycles. The lowest BCUT2D eigenvalue weighted by Gasteiger charge is -2.11. The molecule has 0 amide bonds. The first kappa shape index (κ1) is 21.2. The maximum absolute atomic E-state index is 10.8. The second kappa shape index (κ2) is 10.9. The largest absolute Gasteiger partial charge is 0.383 e. The number of rotatable bonds is 6. The summed E-state index contributed by atoms with van der Waals surface area (Å²) in [6.07, 6.45) is 2.70. The number of benzene rings is 2. The number of hydrogen-bond acceptors (Lipinski definition) is 5. The highest BCUT2D eigenvalue weighted by Gasteiger charge is 2.01. The summed E-state index contributed by atoms with van der Waals surface area (Å²) in [6, 6.07) is 13.7. The molecule has 2 rings (SSSR count). The molecule has 0 radical (unpaired) electrons. The van der Waals surface area contributed by atoms with E-state index in [-0.39, 0.29) is 5.69 Å². The number of nitro groups is 1. The van der Waals surface area contributed by atoms with Crippen molar-refractivity contribution in [3.63, 3.8) is 0 Å². The normalized spacial score (nSPS) is 10.4. The Morgan fingerprint density at radius 3 is 2.31 bits per heavy atom. The summed E-state index contributed by atoms with van der Waals surface area (Å²) < 4.78 is 0. The first-order valence-corrected chi connectivity index (χ1v) is 8.23. The van der Waals surface area contributed by atoms with Crippen LogP contribution in [-0.2, 0) is 4.79 Å². The van der Waals surface area contributed by atoms with E-state index < -0.39 is 4.92 Å². The van der Waals surface area contributed by atoms with Gasteiger partial charge in [-0.1, -0.05) is 29.8 Å². The summed E-state index contributed by atoms with van der Waals surface area (Å²) >= 11 is 5.49. The maximum atomic E-state index is 10.8. The van der Waals surface area contributed by atoms with Crippen LogP contribution < -0.4 is 5.32 Å². The SMILES string of the molecule is Cc1ccccc1NC/C(C=O)=C/N(C)C.O=[N+]([O-])c1ccc(Cl)cc1. The minimum atomic E-state index is -0.462. The number of aldehydes is 1. The van der Waals surface area contributed by atoms with Crippen LogP contribution in [-0.4, -0.2) is 36.7 Å². The number of nitrogens with zero attached hydrogens (tertiary/aromatic N) is 2. The van der Waals surface area contributed by atoms with E-state index in [0.717, 1.165) is 17.5 Å². The fraction of sp³-hybridized carbons (Fsp3) is 0.211. The van der Waals surface area contributed by atoms with E-state index in [1.54, 1.807) is 0 Å². The minimum absolute atomic E-state index is 0.0596. The molecule has 0 saturated heterocycles. The number of nitro benzene ring substituents is 1. The summed E-state index contributed by atoms with van der Waals surface area (Å²) in [7, 11) is 3.80. The van der Waals surface area contributed by atoms with Gasteiger partial charge < -0.3 is 10.2 Å². The lowest BCUT2D eigenvalue weighted by atomic mass is 10.2. The fourth-order valence-corrected chi connectivity index (χ4v) is 2.11. The molecule has 0 fully saturated rings. The first-order valence-electron chi connectivity index (χ1n) is 7.85. The molecule has 0 aliphatic rings. The van der Waals surface area contributed by atoms with E-state index >= 15 is 0 Å². The fourth-order valence-electron chi connectivity index (χ4n) is 1.98. The van der Waals surface area contributed by atoms with Crippen molar-refractivity contribution in [3.05, 3.63) is 81.0 Å². The quantitative estimate of drug-likeness (QED) is 0.352. The number of carbonyl (C=O) groups excluding carboxylic acids is 1. The van der Waals surface area contributed by atoms with Crippen molar-refractivity contribution in [1.82, 2.24) is 4.90 Å². The summed E-state index contributed by atoms with van der Waals surface area (Å²) in [6.45, 7) is 2.59. The van der Waals surface area contributed by atoms with Crippen LogP contribution in [0, 0.1) is 17.0 Å². The highest BCUT2D eigenvalue weighted by Crippen LogP contribution is 2.15. The molecule has 0 heterocycles. The Bertz CT molecular complexity index is 759. The second-order valence-electron chi connectivity index (χ2n) is 5.69. The van der Waals surface area contributed by atoms with Gasteiger partial charge in [0.1, 0.15) is 6.29 Å². The molecule has 0 aliphatic heterocycles. The summed E-state index contributed by atoms with van der Waals surface area (Å²) in [5, 5.41) is 13.8. The van der Waals surface area contributed by atoms with Crippen LogP contribution in [0.4, 0.5) is 11.4 Å². The van der Waals surface area contributed by atoms with Crippen molar-refractivity contribution in [2.24, 2.45) is 0 Å². The van der Waals surface area contributed by atoms with Gasteiger partial charge in [0.2, 0.25) is 0 Å². The molecule has 138 valence electrons. The number of carbonyl (C=O) groups is 1. The number of para-hydroxylation sites is 1. The number of anilines is 1. The first-order chi connectivity index (χ1) is 12.3. The molecule has 0 saturated carbocycles. The molecule has 2 aromatic rings. The van der Waals surface area contributed by atoms with Gasteiger partial charge in [0.25, 0.3) is 5.69 Å². The van der Waals surface area contributed by atoms with E-state index in [1.165, 1.54) is 29.8 Å². The number of aryl methyl sites for hydroxylation is 1. The zero-order valence-electron chi connectivity index (χ0n) is 15.0. The molecule has 0 bridgehead atoms. The van der Waals surface area contributed by atoms with E-state index in [1.807, 2.05) is 56.4 Å². The Labute approximate surface area is 158 Å².